The normalized spacial score (nSPS) is 13.4. The number of hydrogen-bond acceptors (Lipinski definition) is 2. The number of rotatable bonds is 6. The Hall–Kier alpha value is -4.34. The van der Waals surface area contributed by atoms with E-state index in [0.717, 1.165) is 23.8 Å². The van der Waals surface area contributed by atoms with Crippen molar-refractivity contribution in [1.82, 2.24) is 10.3 Å². The van der Waals surface area contributed by atoms with Crippen LogP contribution >= 0.6 is 0 Å². The summed E-state index contributed by atoms with van der Waals surface area (Å²) in [5, 5.41) is 5.20. The molecule has 0 saturated carbocycles. The van der Waals surface area contributed by atoms with E-state index in [4.69, 9.17) is 0 Å². The van der Waals surface area contributed by atoms with Crippen molar-refractivity contribution in [3.63, 3.8) is 0 Å². The molecule has 4 aromatic rings. The standard InChI is InChI=1S/C30H25F6N3O/c1-19-13-14-37-26(15-19)28(18-21-7-4-3-5-8-21,22-9-6-10-23(16-22)29(31,32)33)39-27(40)38-24-12-11-20(2)25(17-24)30(34,35)36/h3-17H,18H2,1-2H3,(H2,38,39,40). The fraction of sp³-hybridized carbons (Fsp3) is 0.200. The minimum Gasteiger partial charge on any atom is -0.322 e. The number of aromatic nitrogens is 1. The third-order valence-electron chi connectivity index (χ3n) is 6.48. The van der Waals surface area contributed by atoms with Crippen LogP contribution in [0.1, 0.15) is 39.1 Å². The molecule has 0 fully saturated rings. The highest BCUT2D eigenvalue weighted by Gasteiger charge is 2.40. The molecule has 0 spiro atoms. The monoisotopic (exact) mass is 557 g/mol. The summed E-state index contributed by atoms with van der Waals surface area (Å²) in [6.07, 6.45) is -7.82. The van der Waals surface area contributed by atoms with E-state index in [-0.39, 0.29) is 28.9 Å². The van der Waals surface area contributed by atoms with Gasteiger partial charge in [-0.1, -0.05) is 48.5 Å². The first-order valence-corrected chi connectivity index (χ1v) is 12.2. The van der Waals surface area contributed by atoms with E-state index in [1.165, 1.54) is 37.4 Å². The van der Waals surface area contributed by atoms with E-state index in [0.29, 0.717) is 5.56 Å². The average Bonchev–Trinajstić information content (AvgIpc) is 2.89. The third kappa shape index (κ3) is 6.44. The van der Waals surface area contributed by atoms with Gasteiger partial charge in [-0.2, -0.15) is 26.3 Å². The molecule has 0 aliphatic carbocycles. The van der Waals surface area contributed by atoms with Gasteiger partial charge >= 0.3 is 18.4 Å². The van der Waals surface area contributed by atoms with Crippen LogP contribution in [-0.4, -0.2) is 11.0 Å². The fourth-order valence-electron chi connectivity index (χ4n) is 4.51. The molecular formula is C30H25F6N3O. The lowest BCUT2D eigenvalue weighted by Gasteiger charge is -2.36. The Balaban J connectivity index is 1.86. The van der Waals surface area contributed by atoms with Gasteiger partial charge in [0.05, 0.1) is 16.8 Å². The van der Waals surface area contributed by atoms with E-state index in [1.54, 1.807) is 49.4 Å². The number of nitrogens with one attached hydrogen (secondary N) is 2. The van der Waals surface area contributed by atoms with Crippen molar-refractivity contribution in [3.05, 3.63) is 130 Å². The Morgan fingerprint density at radius 3 is 2.12 bits per heavy atom. The minimum absolute atomic E-state index is 0.000717. The molecule has 2 N–H and O–H groups in total. The van der Waals surface area contributed by atoms with Gasteiger partial charge < -0.3 is 10.6 Å². The van der Waals surface area contributed by atoms with Crippen molar-refractivity contribution in [2.24, 2.45) is 0 Å². The van der Waals surface area contributed by atoms with Crippen molar-refractivity contribution in [1.29, 1.82) is 0 Å². The highest BCUT2D eigenvalue weighted by atomic mass is 19.4. The van der Waals surface area contributed by atoms with E-state index in [1.807, 2.05) is 0 Å². The zero-order valence-corrected chi connectivity index (χ0v) is 21.5. The summed E-state index contributed by atoms with van der Waals surface area (Å²) in [5.74, 6) is 0. The maximum absolute atomic E-state index is 13.8. The lowest BCUT2D eigenvalue weighted by molar-refractivity contribution is -0.138. The quantitative estimate of drug-likeness (QED) is 0.236. The lowest BCUT2D eigenvalue weighted by atomic mass is 9.79. The Bertz CT molecular complexity index is 1500. The topological polar surface area (TPSA) is 54.0 Å². The number of aryl methyl sites for hydroxylation is 2. The van der Waals surface area contributed by atoms with Gasteiger partial charge in [0, 0.05) is 18.3 Å². The molecule has 0 bridgehead atoms. The molecule has 0 saturated heterocycles. The van der Waals surface area contributed by atoms with Gasteiger partial charge in [-0.25, -0.2) is 4.79 Å². The molecule has 208 valence electrons. The molecule has 2 amide bonds. The highest BCUT2D eigenvalue weighted by molar-refractivity contribution is 5.90. The van der Waals surface area contributed by atoms with Crippen molar-refractivity contribution >= 4 is 11.7 Å². The number of carbonyl (C=O) groups excluding carboxylic acids is 1. The highest BCUT2D eigenvalue weighted by Crippen LogP contribution is 2.38. The molecule has 3 aromatic carbocycles. The number of anilines is 1. The van der Waals surface area contributed by atoms with Crippen molar-refractivity contribution in [2.45, 2.75) is 38.2 Å². The summed E-state index contributed by atoms with van der Waals surface area (Å²) in [7, 11) is 0. The second kappa shape index (κ2) is 11.0. The largest absolute Gasteiger partial charge is 0.416 e. The maximum Gasteiger partial charge on any atom is 0.416 e. The van der Waals surface area contributed by atoms with Crippen molar-refractivity contribution in [3.8, 4) is 0 Å². The third-order valence-corrected chi connectivity index (χ3v) is 6.48. The maximum atomic E-state index is 13.8. The van der Waals surface area contributed by atoms with Crippen LogP contribution in [0.25, 0.3) is 0 Å². The van der Waals surface area contributed by atoms with Crippen LogP contribution < -0.4 is 10.6 Å². The molecule has 0 radical (unpaired) electrons. The molecule has 1 atom stereocenters. The van der Waals surface area contributed by atoms with Gasteiger partial charge in [0.15, 0.2) is 0 Å². The van der Waals surface area contributed by atoms with E-state index in [2.05, 4.69) is 15.6 Å². The molecule has 1 aromatic heterocycles. The Labute approximate surface area is 227 Å². The second-order valence-corrected chi connectivity index (χ2v) is 9.47. The van der Waals surface area contributed by atoms with Gasteiger partial charge in [-0.15, -0.1) is 0 Å². The first-order chi connectivity index (χ1) is 18.8. The Morgan fingerprint density at radius 1 is 0.775 bits per heavy atom. The van der Waals surface area contributed by atoms with Crippen LogP contribution in [0.2, 0.25) is 0 Å². The molecule has 0 aliphatic heterocycles. The lowest BCUT2D eigenvalue weighted by Crippen LogP contribution is -2.50. The minimum atomic E-state index is -4.66. The first kappa shape index (κ1) is 28.7. The van der Waals surface area contributed by atoms with Crippen LogP contribution in [-0.2, 0) is 24.3 Å². The fourth-order valence-corrected chi connectivity index (χ4v) is 4.51. The molecule has 4 nitrogen and oxygen atoms in total. The number of amides is 2. The smallest absolute Gasteiger partial charge is 0.322 e. The van der Waals surface area contributed by atoms with Gasteiger partial charge in [0.2, 0.25) is 0 Å². The number of carbonyl (C=O) groups is 1. The number of nitrogens with zero attached hydrogens (tertiary/aromatic N) is 1. The van der Waals surface area contributed by atoms with Crippen LogP contribution in [0.3, 0.4) is 0 Å². The van der Waals surface area contributed by atoms with Crippen LogP contribution in [0.15, 0.2) is 91.1 Å². The summed E-state index contributed by atoms with van der Waals surface area (Å²) < 4.78 is 81.7. The van der Waals surface area contributed by atoms with Gasteiger partial charge in [-0.3, -0.25) is 4.98 Å². The van der Waals surface area contributed by atoms with Crippen LogP contribution in [0, 0.1) is 13.8 Å². The molecule has 10 heteroatoms. The molecule has 4 rings (SSSR count). The predicted molar refractivity (Wildman–Crippen MR) is 140 cm³/mol. The van der Waals surface area contributed by atoms with Gasteiger partial charge in [0.1, 0.15) is 5.54 Å². The Morgan fingerprint density at radius 2 is 1.48 bits per heavy atom. The second-order valence-electron chi connectivity index (χ2n) is 9.47. The summed E-state index contributed by atoms with van der Waals surface area (Å²) in [4.78, 5) is 17.8. The average molecular weight is 558 g/mol. The van der Waals surface area contributed by atoms with E-state index in [9.17, 15) is 31.1 Å². The molecule has 1 unspecified atom stereocenters. The van der Waals surface area contributed by atoms with Gasteiger partial charge in [-0.05, 0) is 72.5 Å². The van der Waals surface area contributed by atoms with E-state index < -0.39 is 35.0 Å². The number of urea groups is 1. The predicted octanol–water partition coefficient (Wildman–Crippen LogP) is 8.04. The zero-order valence-electron chi connectivity index (χ0n) is 21.5. The Kier molecular flexibility index (Phi) is 7.91. The zero-order chi connectivity index (χ0) is 29.1. The first-order valence-electron chi connectivity index (χ1n) is 12.2. The molecule has 40 heavy (non-hydrogen) atoms. The summed E-state index contributed by atoms with van der Waals surface area (Å²) >= 11 is 0. The van der Waals surface area contributed by atoms with Gasteiger partial charge in [0.25, 0.3) is 0 Å². The SMILES string of the molecule is Cc1ccnc(C(Cc2ccccc2)(NC(=O)Nc2ccc(C)c(C(F)(F)F)c2)c2cccc(C(F)(F)F)c2)c1. The van der Waals surface area contributed by atoms with Crippen LogP contribution in [0.5, 0.6) is 0 Å². The number of benzene rings is 3. The molecule has 0 aliphatic rings. The number of halogens is 6. The molecule has 1 heterocycles. The van der Waals surface area contributed by atoms with Crippen molar-refractivity contribution in [2.75, 3.05) is 5.32 Å². The number of pyridine rings is 1. The number of hydrogen-bond donors (Lipinski definition) is 2. The summed E-state index contributed by atoms with van der Waals surface area (Å²) in [6, 6.07) is 19.1. The summed E-state index contributed by atoms with van der Waals surface area (Å²) in [6.45, 7) is 3.07. The van der Waals surface area contributed by atoms with Crippen LogP contribution in [0.4, 0.5) is 36.8 Å². The summed E-state index contributed by atoms with van der Waals surface area (Å²) in [5.41, 5.74) is -1.86. The van der Waals surface area contributed by atoms with Crippen molar-refractivity contribution < 1.29 is 31.1 Å². The number of alkyl halides is 6. The van der Waals surface area contributed by atoms with E-state index >= 15 is 0 Å². The molecular weight excluding hydrogens is 532 g/mol.